The van der Waals surface area contributed by atoms with E-state index in [4.69, 9.17) is 34.8 Å². The smallest absolute Gasteiger partial charge is 0.257 e. The van der Waals surface area contributed by atoms with Crippen LogP contribution in [0, 0.1) is 0 Å². The minimum Gasteiger partial charge on any atom is -0.321 e. The summed E-state index contributed by atoms with van der Waals surface area (Å²) in [4.78, 5) is 15.8. The maximum Gasteiger partial charge on any atom is 0.257 e. The van der Waals surface area contributed by atoms with Crippen molar-refractivity contribution in [3.63, 3.8) is 0 Å². The van der Waals surface area contributed by atoms with E-state index in [1.54, 1.807) is 24.3 Å². The highest BCUT2D eigenvalue weighted by Crippen LogP contribution is 2.23. The molecule has 0 aliphatic carbocycles. The van der Waals surface area contributed by atoms with Crippen molar-refractivity contribution in [1.29, 1.82) is 0 Å². The number of hydrogen-bond acceptors (Lipinski definition) is 2. The van der Waals surface area contributed by atoms with Crippen molar-refractivity contribution in [3.8, 4) is 0 Å². The lowest BCUT2D eigenvalue weighted by Gasteiger charge is -2.08. The average molecular weight is 302 g/mol. The van der Waals surface area contributed by atoms with Crippen molar-refractivity contribution in [1.82, 2.24) is 4.98 Å². The largest absolute Gasteiger partial charge is 0.321 e. The highest BCUT2D eigenvalue weighted by atomic mass is 35.5. The number of amides is 1. The van der Waals surface area contributed by atoms with Gasteiger partial charge in [-0.3, -0.25) is 4.79 Å². The number of rotatable bonds is 2. The van der Waals surface area contributed by atoms with Gasteiger partial charge in [0.25, 0.3) is 5.91 Å². The van der Waals surface area contributed by atoms with Crippen LogP contribution in [0.5, 0.6) is 0 Å². The van der Waals surface area contributed by atoms with Crippen LogP contribution in [0.25, 0.3) is 0 Å². The van der Waals surface area contributed by atoms with Crippen LogP contribution in [0.1, 0.15) is 10.4 Å². The Kier molecular flexibility index (Phi) is 4.07. The Morgan fingerprint density at radius 2 is 1.83 bits per heavy atom. The third-order valence-electron chi connectivity index (χ3n) is 2.19. The second-order valence-electron chi connectivity index (χ2n) is 3.42. The zero-order chi connectivity index (χ0) is 13.1. The number of carbonyl (C=O) groups excluding carboxylic acids is 1. The molecule has 3 nitrogen and oxygen atoms in total. The topological polar surface area (TPSA) is 42.0 Å². The van der Waals surface area contributed by atoms with Gasteiger partial charge in [-0.1, -0.05) is 46.9 Å². The number of hydrogen-bond donors (Lipinski definition) is 1. The maximum atomic E-state index is 12.0. The molecule has 1 heterocycles. The highest BCUT2D eigenvalue weighted by Gasteiger charge is 2.13. The van der Waals surface area contributed by atoms with Crippen LogP contribution in [-0.2, 0) is 0 Å². The first-order valence-corrected chi connectivity index (χ1v) is 6.08. The number of nitrogens with zero attached hydrogens (tertiary/aromatic N) is 1. The number of aromatic nitrogens is 1. The molecule has 0 radical (unpaired) electrons. The average Bonchev–Trinajstić information content (AvgIpc) is 2.35. The Labute approximate surface area is 119 Å². The third kappa shape index (κ3) is 2.93. The van der Waals surface area contributed by atoms with Gasteiger partial charge in [0.1, 0.15) is 5.15 Å². The zero-order valence-corrected chi connectivity index (χ0v) is 11.2. The summed E-state index contributed by atoms with van der Waals surface area (Å²) in [5, 5.41) is 3.52. The quantitative estimate of drug-likeness (QED) is 0.841. The van der Waals surface area contributed by atoms with Gasteiger partial charge in [-0.2, -0.15) is 0 Å². The summed E-state index contributed by atoms with van der Waals surface area (Å²) >= 11 is 17.5. The number of anilines is 1. The maximum absolute atomic E-state index is 12.0. The first-order chi connectivity index (χ1) is 8.58. The van der Waals surface area contributed by atoms with Crippen LogP contribution >= 0.6 is 34.8 Å². The Hall–Kier alpha value is -1.29. The van der Waals surface area contributed by atoms with E-state index in [2.05, 4.69) is 10.3 Å². The van der Waals surface area contributed by atoms with Crippen LogP contribution < -0.4 is 5.32 Å². The first kappa shape index (κ1) is 13.1. The molecule has 1 aromatic heterocycles. The molecule has 2 rings (SSSR count). The minimum atomic E-state index is -0.391. The van der Waals surface area contributed by atoms with Gasteiger partial charge in [0.05, 0.1) is 21.3 Å². The second kappa shape index (κ2) is 5.57. The van der Waals surface area contributed by atoms with Crippen molar-refractivity contribution < 1.29 is 4.79 Å². The second-order valence-corrected chi connectivity index (χ2v) is 4.62. The van der Waals surface area contributed by atoms with Crippen molar-refractivity contribution >= 4 is 46.4 Å². The number of benzene rings is 1. The SMILES string of the molecule is O=C(Nc1ccccc1Cl)c1cc(Cl)ncc1Cl. The molecule has 2 aromatic rings. The summed E-state index contributed by atoms with van der Waals surface area (Å²) in [7, 11) is 0. The fraction of sp³-hybridized carbons (Fsp3) is 0. The Balaban J connectivity index is 2.28. The molecule has 0 atom stereocenters. The van der Waals surface area contributed by atoms with Gasteiger partial charge in [-0.05, 0) is 18.2 Å². The lowest BCUT2D eigenvalue weighted by Crippen LogP contribution is -2.13. The lowest BCUT2D eigenvalue weighted by atomic mass is 10.2. The minimum absolute atomic E-state index is 0.198. The molecule has 1 amide bonds. The van der Waals surface area contributed by atoms with Crippen molar-refractivity contribution in [3.05, 3.63) is 57.3 Å². The van der Waals surface area contributed by atoms with E-state index in [0.29, 0.717) is 10.7 Å². The molecule has 0 spiro atoms. The molecule has 0 aliphatic rings. The monoisotopic (exact) mass is 300 g/mol. The fourth-order valence-electron chi connectivity index (χ4n) is 1.34. The Morgan fingerprint density at radius 3 is 2.56 bits per heavy atom. The number of nitrogens with one attached hydrogen (secondary N) is 1. The normalized spacial score (nSPS) is 10.2. The third-order valence-corrected chi connectivity index (χ3v) is 3.03. The molecule has 0 bridgehead atoms. The number of pyridine rings is 1. The number of carbonyl (C=O) groups is 1. The summed E-state index contributed by atoms with van der Waals surface area (Å²) in [6.07, 6.45) is 1.32. The van der Waals surface area contributed by atoms with E-state index in [-0.39, 0.29) is 15.7 Å². The van der Waals surface area contributed by atoms with Gasteiger partial charge in [-0.25, -0.2) is 4.98 Å². The van der Waals surface area contributed by atoms with Crippen LogP contribution in [0.3, 0.4) is 0 Å². The molecule has 1 N–H and O–H groups in total. The summed E-state index contributed by atoms with van der Waals surface area (Å²) < 4.78 is 0. The van der Waals surface area contributed by atoms with Crippen LogP contribution in [0.15, 0.2) is 36.5 Å². The summed E-state index contributed by atoms with van der Waals surface area (Å²) in [6, 6.07) is 8.31. The lowest BCUT2D eigenvalue weighted by molar-refractivity contribution is 0.102. The Morgan fingerprint density at radius 1 is 1.11 bits per heavy atom. The molecular weight excluding hydrogens is 295 g/mol. The molecule has 0 saturated heterocycles. The molecule has 0 fully saturated rings. The Bertz CT molecular complexity index is 602. The van der Waals surface area contributed by atoms with Gasteiger partial charge in [0.15, 0.2) is 0 Å². The van der Waals surface area contributed by atoms with Crippen molar-refractivity contribution in [2.75, 3.05) is 5.32 Å². The van der Waals surface area contributed by atoms with E-state index in [9.17, 15) is 4.79 Å². The van der Waals surface area contributed by atoms with E-state index in [1.165, 1.54) is 12.3 Å². The van der Waals surface area contributed by atoms with E-state index in [0.717, 1.165) is 0 Å². The van der Waals surface area contributed by atoms with Gasteiger partial charge in [0, 0.05) is 6.20 Å². The number of halogens is 3. The molecule has 1 aromatic carbocycles. The van der Waals surface area contributed by atoms with Gasteiger partial charge >= 0.3 is 0 Å². The van der Waals surface area contributed by atoms with E-state index in [1.807, 2.05) is 0 Å². The van der Waals surface area contributed by atoms with Gasteiger partial charge < -0.3 is 5.32 Å². The van der Waals surface area contributed by atoms with E-state index < -0.39 is 5.91 Å². The van der Waals surface area contributed by atoms with Crippen LogP contribution in [-0.4, -0.2) is 10.9 Å². The van der Waals surface area contributed by atoms with Crippen LogP contribution in [0.2, 0.25) is 15.2 Å². The molecule has 0 unspecified atom stereocenters. The molecule has 6 heteroatoms. The summed E-state index contributed by atoms with van der Waals surface area (Å²) in [6.45, 7) is 0. The summed E-state index contributed by atoms with van der Waals surface area (Å²) in [5.41, 5.74) is 0.754. The predicted molar refractivity (Wildman–Crippen MR) is 73.7 cm³/mol. The molecule has 0 aliphatic heterocycles. The molecule has 0 saturated carbocycles. The molecule has 92 valence electrons. The molecular formula is C12H7Cl3N2O. The van der Waals surface area contributed by atoms with Crippen molar-refractivity contribution in [2.45, 2.75) is 0 Å². The van der Waals surface area contributed by atoms with Crippen LogP contribution in [0.4, 0.5) is 5.69 Å². The number of para-hydroxylation sites is 1. The first-order valence-electron chi connectivity index (χ1n) is 4.95. The predicted octanol–water partition coefficient (Wildman–Crippen LogP) is 4.29. The standard InChI is InChI=1S/C12H7Cl3N2O/c13-8-3-1-2-4-10(8)17-12(18)7-5-11(15)16-6-9(7)14/h1-6H,(H,17,18). The van der Waals surface area contributed by atoms with Gasteiger partial charge in [-0.15, -0.1) is 0 Å². The highest BCUT2D eigenvalue weighted by molar-refractivity contribution is 6.36. The van der Waals surface area contributed by atoms with Crippen molar-refractivity contribution in [2.24, 2.45) is 0 Å². The zero-order valence-electron chi connectivity index (χ0n) is 8.95. The van der Waals surface area contributed by atoms with Gasteiger partial charge in [0.2, 0.25) is 0 Å². The van der Waals surface area contributed by atoms with E-state index >= 15 is 0 Å². The summed E-state index contributed by atoms with van der Waals surface area (Å²) in [5.74, 6) is -0.391. The fourth-order valence-corrected chi connectivity index (χ4v) is 1.87. The molecule has 18 heavy (non-hydrogen) atoms.